The molecule has 1 aliphatic rings. The molecule has 1 N–H and O–H groups in total. The van der Waals surface area contributed by atoms with Crippen LogP contribution >= 0.6 is 27.7 Å². The Balaban J connectivity index is 1.67. The van der Waals surface area contributed by atoms with Crippen LogP contribution in [0.3, 0.4) is 0 Å². The number of halogens is 1. The van der Waals surface area contributed by atoms with E-state index >= 15 is 0 Å². The lowest BCUT2D eigenvalue weighted by atomic mass is 10.0. The normalized spacial score (nSPS) is 15.4. The second-order valence-corrected chi connectivity index (χ2v) is 8.38. The first-order chi connectivity index (χ1) is 14.3. The van der Waals surface area contributed by atoms with Gasteiger partial charge in [0.05, 0.1) is 20.8 Å². The predicted octanol–water partition coefficient (Wildman–Crippen LogP) is 5.45. The molecule has 1 saturated heterocycles. The fourth-order valence-electron chi connectivity index (χ4n) is 3.20. The first-order valence-corrected chi connectivity index (χ1v) is 10.3. The molecule has 3 aromatic rings. The minimum absolute atomic E-state index is 0.0757. The monoisotopic (exact) mass is 484 g/mol. The van der Waals surface area contributed by atoms with Crippen molar-refractivity contribution in [2.45, 2.75) is 6.54 Å². The fourth-order valence-corrected chi connectivity index (χ4v) is 4.49. The molecule has 0 bridgehead atoms. The number of benzene rings is 3. The molecule has 2 amide bonds. The molecule has 1 heterocycles. The van der Waals surface area contributed by atoms with Crippen molar-refractivity contribution >= 4 is 61.4 Å². The van der Waals surface area contributed by atoms with Crippen LogP contribution in [0.2, 0.25) is 0 Å². The van der Waals surface area contributed by atoms with E-state index in [0.717, 1.165) is 39.1 Å². The quantitative estimate of drug-likeness (QED) is 0.300. The molecular weight excluding hydrogens is 472 g/mol. The Bertz CT molecular complexity index is 1250. The van der Waals surface area contributed by atoms with Gasteiger partial charge in [0.15, 0.2) is 0 Å². The lowest BCUT2D eigenvalue weighted by Crippen LogP contribution is -2.27. The van der Waals surface area contributed by atoms with Crippen molar-refractivity contribution in [1.29, 1.82) is 0 Å². The van der Waals surface area contributed by atoms with Gasteiger partial charge in [0.25, 0.3) is 16.8 Å². The second kappa shape index (κ2) is 7.92. The third-order valence-corrected chi connectivity index (χ3v) is 6.17. The molecule has 0 unspecified atom stereocenters. The number of carbonyl (C=O) groups is 2. The zero-order valence-electron chi connectivity index (χ0n) is 15.2. The zero-order chi connectivity index (χ0) is 21.4. The molecule has 0 aromatic heterocycles. The van der Waals surface area contributed by atoms with E-state index in [1.54, 1.807) is 0 Å². The molecule has 1 fully saturated rings. The van der Waals surface area contributed by atoms with E-state index in [9.17, 15) is 24.8 Å². The summed E-state index contributed by atoms with van der Waals surface area (Å²) in [6.07, 6.45) is 1.29. The van der Waals surface area contributed by atoms with E-state index in [1.807, 2.05) is 42.5 Å². The van der Waals surface area contributed by atoms with E-state index < -0.39 is 16.1 Å². The van der Waals surface area contributed by atoms with Crippen molar-refractivity contribution in [2.24, 2.45) is 0 Å². The summed E-state index contributed by atoms with van der Waals surface area (Å²) in [5, 5.41) is 22.8. The van der Waals surface area contributed by atoms with E-state index in [2.05, 4.69) is 15.9 Å². The third-order valence-electron chi connectivity index (χ3n) is 4.66. The van der Waals surface area contributed by atoms with Gasteiger partial charge in [-0.25, -0.2) is 0 Å². The van der Waals surface area contributed by atoms with Crippen LogP contribution in [0.4, 0.5) is 10.5 Å². The van der Waals surface area contributed by atoms with Crippen molar-refractivity contribution < 1.29 is 19.6 Å². The van der Waals surface area contributed by atoms with Crippen molar-refractivity contribution in [3.05, 3.63) is 85.2 Å². The number of amides is 2. The van der Waals surface area contributed by atoms with Gasteiger partial charge in [-0.05, 0) is 50.1 Å². The average Bonchev–Trinajstić information content (AvgIpc) is 2.98. The summed E-state index contributed by atoms with van der Waals surface area (Å²) in [5.41, 5.74) is 0.658. The summed E-state index contributed by atoms with van der Waals surface area (Å²) in [5.74, 6) is -0.763. The largest absolute Gasteiger partial charge is 0.506 e. The molecule has 7 nitrogen and oxygen atoms in total. The number of phenols is 1. The molecule has 0 radical (unpaired) electrons. The topological polar surface area (TPSA) is 101 Å². The van der Waals surface area contributed by atoms with Crippen LogP contribution in [0.1, 0.15) is 11.1 Å². The highest BCUT2D eigenvalue weighted by atomic mass is 79.9. The number of fused-ring (bicyclic) bond motifs is 1. The van der Waals surface area contributed by atoms with Gasteiger partial charge >= 0.3 is 0 Å². The highest BCUT2D eigenvalue weighted by Gasteiger charge is 2.35. The molecule has 150 valence electrons. The molecule has 0 aliphatic carbocycles. The van der Waals surface area contributed by atoms with Gasteiger partial charge in [-0.3, -0.25) is 24.6 Å². The summed E-state index contributed by atoms with van der Waals surface area (Å²) in [6.45, 7) is 0.105. The fraction of sp³-hybridized carbons (Fsp3) is 0.0476. The Morgan fingerprint density at radius 1 is 1.13 bits per heavy atom. The van der Waals surface area contributed by atoms with Crippen LogP contribution < -0.4 is 0 Å². The van der Waals surface area contributed by atoms with Gasteiger partial charge in [-0.2, -0.15) is 0 Å². The van der Waals surface area contributed by atoms with Crippen molar-refractivity contribution in [3.8, 4) is 5.75 Å². The van der Waals surface area contributed by atoms with Gasteiger partial charge in [0.1, 0.15) is 5.75 Å². The molecule has 0 atom stereocenters. The molecule has 4 rings (SSSR count). The number of aromatic hydroxyl groups is 1. The highest BCUT2D eigenvalue weighted by molar-refractivity contribution is 9.10. The van der Waals surface area contributed by atoms with Crippen LogP contribution in [-0.2, 0) is 11.3 Å². The van der Waals surface area contributed by atoms with Crippen LogP contribution in [-0.4, -0.2) is 26.1 Å². The molecule has 1 aliphatic heterocycles. The van der Waals surface area contributed by atoms with Crippen LogP contribution in [0.5, 0.6) is 5.75 Å². The second-order valence-electron chi connectivity index (χ2n) is 6.53. The Morgan fingerprint density at radius 2 is 1.87 bits per heavy atom. The van der Waals surface area contributed by atoms with Crippen LogP contribution in [0.25, 0.3) is 16.8 Å². The number of carbonyl (C=O) groups excluding carboxylic acids is 2. The number of phenolic OH excluding ortho intramolecular Hbond substituents is 1. The van der Waals surface area contributed by atoms with Crippen LogP contribution in [0.15, 0.2) is 64.0 Å². The third kappa shape index (κ3) is 3.69. The molecule has 0 saturated carbocycles. The summed E-state index contributed by atoms with van der Waals surface area (Å²) in [4.78, 5) is 37.1. The van der Waals surface area contributed by atoms with E-state index in [1.165, 1.54) is 12.1 Å². The van der Waals surface area contributed by atoms with Gasteiger partial charge in [0.2, 0.25) is 0 Å². The smallest absolute Gasteiger partial charge is 0.293 e. The minimum Gasteiger partial charge on any atom is -0.506 e. The molecule has 30 heavy (non-hydrogen) atoms. The maximum Gasteiger partial charge on any atom is 0.293 e. The van der Waals surface area contributed by atoms with E-state index in [0.29, 0.717) is 0 Å². The SMILES string of the molecule is O=C1S/C(=C/c2cc([N+](=O)[O-])cc(Br)c2O)C(=O)N1Cc1cccc2ccccc12. The molecule has 9 heteroatoms. The van der Waals surface area contributed by atoms with Gasteiger partial charge in [-0.15, -0.1) is 0 Å². The summed E-state index contributed by atoms with van der Waals surface area (Å²) < 4.78 is 0.123. The number of hydrogen-bond acceptors (Lipinski definition) is 6. The number of nitrogens with zero attached hydrogens (tertiary/aromatic N) is 2. The Hall–Kier alpha value is -3.17. The predicted molar refractivity (Wildman–Crippen MR) is 118 cm³/mol. The van der Waals surface area contributed by atoms with Gasteiger partial charge in [-0.1, -0.05) is 42.5 Å². The number of nitro benzene ring substituents is 1. The minimum atomic E-state index is -0.603. The standard InChI is InChI=1S/C21H13BrN2O5S/c22-17-10-15(24(28)29)8-14(19(17)25)9-18-20(26)23(21(27)30-18)11-13-6-3-5-12-4-1-2-7-16(12)13/h1-10,25H,11H2/b18-9+. The van der Waals surface area contributed by atoms with Crippen molar-refractivity contribution in [2.75, 3.05) is 0 Å². The lowest BCUT2D eigenvalue weighted by molar-refractivity contribution is -0.385. The number of non-ortho nitro benzene ring substituents is 1. The van der Waals surface area contributed by atoms with E-state index in [4.69, 9.17) is 0 Å². The summed E-state index contributed by atoms with van der Waals surface area (Å²) in [7, 11) is 0. The number of thioether (sulfide) groups is 1. The molecule has 3 aromatic carbocycles. The summed E-state index contributed by atoms with van der Waals surface area (Å²) >= 11 is 3.80. The first kappa shape index (κ1) is 20.1. The number of imide groups is 1. The molecular formula is C21H13BrN2O5S. The highest BCUT2D eigenvalue weighted by Crippen LogP contribution is 2.38. The Kier molecular flexibility index (Phi) is 5.31. The van der Waals surface area contributed by atoms with Gasteiger partial charge < -0.3 is 5.11 Å². The first-order valence-electron chi connectivity index (χ1n) is 8.74. The average molecular weight is 485 g/mol. The Labute approximate surface area is 183 Å². The lowest BCUT2D eigenvalue weighted by Gasteiger charge is -2.14. The maximum absolute atomic E-state index is 12.9. The van der Waals surface area contributed by atoms with Crippen molar-refractivity contribution in [3.63, 3.8) is 0 Å². The van der Waals surface area contributed by atoms with Gasteiger partial charge in [0, 0.05) is 17.7 Å². The number of hydrogen-bond donors (Lipinski definition) is 1. The zero-order valence-corrected chi connectivity index (χ0v) is 17.6. The Morgan fingerprint density at radius 3 is 2.63 bits per heavy atom. The van der Waals surface area contributed by atoms with Crippen LogP contribution in [0, 0.1) is 10.1 Å². The summed E-state index contributed by atoms with van der Waals surface area (Å²) in [6, 6.07) is 15.7. The molecule has 0 spiro atoms. The van der Waals surface area contributed by atoms with Crippen molar-refractivity contribution in [1.82, 2.24) is 4.90 Å². The van der Waals surface area contributed by atoms with E-state index in [-0.39, 0.29) is 32.9 Å². The maximum atomic E-state index is 12.9. The number of rotatable bonds is 4. The number of nitro groups is 1.